The maximum atomic E-state index is 10.9. The molecule has 0 saturated heterocycles. The molecule has 98 valence electrons. The number of benzene rings is 1. The lowest BCUT2D eigenvalue weighted by Crippen LogP contribution is -2.06. The highest BCUT2D eigenvalue weighted by atomic mass is 35.5. The molecule has 5 nitrogen and oxygen atoms in total. The van der Waals surface area contributed by atoms with Crippen molar-refractivity contribution in [1.82, 2.24) is 4.98 Å². The van der Waals surface area contributed by atoms with Gasteiger partial charge in [0, 0.05) is 0 Å². The second-order valence-corrected chi connectivity index (χ2v) is 4.45. The van der Waals surface area contributed by atoms with Gasteiger partial charge in [-0.15, -0.1) is 0 Å². The van der Waals surface area contributed by atoms with E-state index in [1.165, 1.54) is 12.1 Å². The summed E-state index contributed by atoms with van der Waals surface area (Å²) in [6.45, 7) is 0. The molecule has 0 aliphatic carbocycles. The monoisotopic (exact) mass is 297 g/mol. The van der Waals surface area contributed by atoms with Gasteiger partial charge < -0.3 is 16.2 Å². The van der Waals surface area contributed by atoms with Gasteiger partial charge in [-0.25, -0.2) is 9.78 Å². The van der Waals surface area contributed by atoms with Gasteiger partial charge in [-0.1, -0.05) is 29.3 Å². The molecule has 19 heavy (non-hydrogen) atoms. The average Bonchev–Trinajstić information content (AvgIpc) is 2.37. The average molecular weight is 298 g/mol. The fourth-order valence-corrected chi connectivity index (χ4v) is 1.76. The Morgan fingerprint density at radius 1 is 1.26 bits per heavy atom. The first-order valence-electron chi connectivity index (χ1n) is 5.20. The van der Waals surface area contributed by atoms with E-state index in [1.54, 1.807) is 18.2 Å². The summed E-state index contributed by atoms with van der Waals surface area (Å²) in [5.41, 5.74) is 6.42. The number of pyridine rings is 1. The summed E-state index contributed by atoms with van der Waals surface area (Å²) >= 11 is 11.9. The number of halogens is 2. The third kappa shape index (κ3) is 2.89. The van der Waals surface area contributed by atoms with Crippen LogP contribution in [-0.2, 0) is 0 Å². The van der Waals surface area contributed by atoms with E-state index in [-0.39, 0.29) is 11.5 Å². The van der Waals surface area contributed by atoms with Crippen LogP contribution in [0, 0.1) is 0 Å². The van der Waals surface area contributed by atoms with E-state index < -0.39 is 5.97 Å². The Kier molecular flexibility index (Phi) is 3.78. The lowest BCUT2D eigenvalue weighted by Gasteiger charge is -2.11. The summed E-state index contributed by atoms with van der Waals surface area (Å²) in [5, 5.41) is 12.4. The largest absolute Gasteiger partial charge is 0.477 e. The van der Waals surface area contributed by atoms with E-state index in [1.807, 2.05) is 0 Å². The fourth-order valence-electron chi connectivity index (χ4n) is 1.42. The second kappa shape index (κ2) is 5.34. The molecule has 0 fully saturated rings. The number of nitrogen functional groups attached to an aromatic ring is 1. The number of hydrogen-bond acceptors (Lipinski definition) is 4. The first-order valence-corrected chi connectivity index (χ1v) is 5.95. The van der Waals surface area contributed by atoms with Crippen molar-refractivity contribution in [2.45, 2.75) is 0 Å². The molecule has 7 heteroatoms. The molecule has 1 aromatic heterocycles. The Bertz CT molecular complexity index is 647. The van der Waals surface area contributed by atoms with Gasteiger partial charge in [0.25, 0.3) is 0 Å². The first kappa shape index (κ1) is 13.5. The van der Waals surface area contributed by atoms with Crippen LogP contribution in [0.3, 0.4) is 0 Å². The Morgan fingerprint density at radius 3 is 2.68 bits per heavy atom. The number of carbonyl (C=O) groups is 1. The van der Waals surface area contributed by atoms with Gasteiger partial charge in [-0.05, 0) is 24.3 Å². The number of carboxylic acids is 1. The molecule has 2 aromatic rings. The number of rotatable bonds is 3. The molecule has 4 N–H and O–H groups in total. The summed E-state index contributed by atoms with van der Waals surface area (Å²) in [6, 6.07) is 7.80. The Labute approximate surface area is 119 Å². The van der Waals surface area contributed by atoms with Gasteiger partial charge in [0.15, 0.2) is 11.5 Å². The van der Waals surface area contributed by atoms with E-state index in [0.29, 0.717) is 21.4 Å². The normalized spacial score (nSPS) is 10.2. The minimum absolute atomic E-state index is 0.116. The number of nitrogens with zero attached hydrogens (tertiary/aromatic N) is 1. The van der Waals surface area contributed by atoms with Gasteiger partial charge in [-0.3, -0.25) is 0 Å². The van der Waals surface area contributed by atoms with Crippen molar-refractivity contribution in [2.75, 3.05) is 11.1 Å². The molecule has 0 amide bonds. The molecular formula is C12H9Cl2N3O2. The second-order valence-electron chi connectivity index (χ2n) is 3.67. The summed E-state index contributed by atoms with van der Waals surface area (Å²) < 4.78 is 0. The standard InChI is InChI=1S/C12H9Cl2N3O2/c13-6-2-1-3-8(10(6)14)16-11-7(15)4-5-9(17-11)12(18)19/h1-5H,15H2,(H,16,17)(H,18,19). The van der Waals surface area contributed by atoms with Gasteiger partial charge >= 0.3 is 5.97 Å². The molecule has 2 rings (SSSR count). The van der Waals surface area contributed by atoms with Crippen LogP contribution in [-0.4, -0.2) is 16.1 Å². The number of anilines is 3. The predicted molar refractivity (Wildman–Crippen MR) is 75.4 cm³/mol. The van der Waals surface area contributed by atoms with Crippen molar-refractivity contribution in [3.05, 3.63) is 46.1 Å². The highest BCUT2D eigenvalue weighted by Gasteiger charge is 2.11. The van der Waals surface area contributed by atoms with Crippen molar-refractivity contribution in [1.29, 1.82) is 0 Å². The van der Waals surface area contributed by atoms with Crippen LogP contribution in [0.4, 0.5) is 17.2 Å². The van der Waals surface area contributed by atoms with Gasteiger partial charge in [-0.2, -0.15) is 0 Å². The summed E-state index contributed by atoms with van der Waals surface area (Å²) in [5.74, 6) is -0.927. The van der Waals surface area contributed by atoms with Crippen molar-refractivity contribution in [2.24, 2.45) is 0 Å². The van der Waals surface area contributed by atoms with Crippen LogP contribution in [0.15, 0.2) is 30.3 Å². The summed E-state index contributed by atoms with van der Waals surface area (Å²) in [4.78, 5) is 14.8. The smallest absolute Gasteiger partial charge is 0.354 e. The molecule has 0 atom stereocenters. The van der Waals surface area contributed by atoms with Crippen LogP contribution >= 0.6 is 23.2 Å². The molecule has 0 bridgehead atoms. The molecule has 0 aliphatic rings. The lowest BCUT2D eigenvalue weighted by atomic mass is 10.3. The van der Waals surface area contributed by atoms with Crippen LogP contribution in [0.5, 0.6) is 0 Å². The molecule has 0 unspecified atom stereocenters. The first-order chi connectivity index (χ1) is 8.99. The number of hydrogen-bond donors (Lipinski definition) is 3. The molecule has 1 aromatic carbocycles. The van der Waals surface area contributed by atoms with Crippen LogP contribution < -0.4 is 11.1 Å². The number of carboxylic acid groups (broad SMARTS) is 1. The number of aromatic nitrogens is 1. The Hall–Kier alpha value is -1.98. The zero-order valence-electron chi connectivity index (χ0n) is 9.52. The van der Waals surface area contributed by atoms with Crippen LogP contribution in [0.2, 0.25) is 10.0 Å². The van der Waals surface area contributed by atoms with Gasteiger partial charge in [0.1, 0.15) is 0 Å². The molecular weight excluding hydrogens is 289 g/mol. The summed E-state index contributed by atoms with van der Waals surface area (Å²) in [6.07, 6.45) is 0. The van der Waals surface area contributed by atoms with Crippen molar-refractivity contribution in [3.8, 4) is 0 Å². The van der Waals surface area contributed by atoms with Gasteiger partial charge in [0.05, 0.1) is 21.4 Å². The van der Waals surface area contributed by atoms with Crippen LogP contribution in [0.25, 0.3) is 0 Å². The van der Waals surface area contributed by atoms with Crippen molar-refractivity contribution < 1.29 is 9.90 Å². The van der Waals surface area contributed by atoms with Crippen LogP contribution in [0.1, 0.15) is 10.5 Å². The van der Waals surface area contributed by atoms with E-state index in [4.69, 9.17) is 34.0 Å². The maximum Gasteiger partial charge on any atom is 0.354 e. The van der Waals surface area contributed by atoms with E-state index >= 15 is 0 Å². The van der Waals surface area contributed by atoms with E-state index in [2.05, 4.69) is 10.3 Å². The quantitative estimate of drug-likeness (QED) is 0.808. The third-order valence-electron chi connectivity index (χ3n) is 2.35. The predicted octanol–water partition coefficient (Wildman–Crippen LogP) is 3.41. The SMILES string of the molecule is Nc1ccc(C(=O)O)nc1Nc1cccc(Cl)c1Cl. The molecule has 0 radical (unpaired) electrons. The maximum absolute atomic E-state index is 10.9. The number of nitrogens with two attached hydrogens (primary N) is 1. The number of aromatic carboxylic acids is 1. The third-order valence-corrected chi connectivity index (χ3v) is 3.17. The minimum Gasteiger partial charge on any atom is -0.477 e. The Morgan fingerprint density at radius 2 is 2.00 bits per heavy atom. The molecule has 0 saturated carbocycles. The zero-order chi connectivity index (χ0) is 14.0. The van der Waals surface area contributed by atoms with E-state index in [9.17, 15) is 4.79 Å². The molecule has 1 heterocycles. The highest BCUT2D eigenvalue weighted by Crippen LogP contribution is 2.32. The summed E-state index contributed by atoms with van der Waals surface area (Å²) in [7, 11) is 0. The lowest BCUT2D eigenvalue weighted by molar-refractivity contribution is 0.0690. The minimum atomic E-state index is -1.14. The van der Waals surface area contributed by atoms with Crippen molar-refractivity contribution >= 4 is 46.4 Å². The molecule has 0 spiro atoms. The van der Waals surface area contributed by atoms with Gasteiger partial charge in [0.2, 0.25) is 0 Å². The highest BCUT2D eigenvalue weighted by molar-refractivity contribution is 6.43. The number of nitrogens with one attached hydrogen (secondary N) is 1. The topological polar surface area (TPSA) is 88.2 Å². The van der Waals surface area contributed by atoms with E-state index in [0.717, 1.165) is 0 Å². The molecule has 0 aliphatic heterocycles. The van der Waals surface area contributed by atoms with Crippen molar-refractivity contribution in [3.63, 3.8) is 0 Å². The fraction of sp³-hybridized carbons (Fsp3) is 0. The zero-order valence-corrected chi connectivity index (χ0v) is 11.0. The Balaban J connectivity index is 2.40.